The van der Waals surface area contributed by atoms with Crippen LogP contribution in [0.1, 0.15) is 25.8 Å². The molecule has 1 aliphatic rings. The van der Waals surface area contributed by atoms with Gasteiger partial charge in [-0.05, 0) is 59.7 Å². The third kappa shape index (κ3) is 4.39. The topological polar surface area (TPSA) is 38.8 Å². The van der Waals surface area contributed by atoms with Crippen molar-refractivity contribution >= 4 is 62.9 Å². The standard InChI is InChI=1S/C16H18INO3S2/c1-4-6-21-14-11(17)7-10(8-12(14)20-5-2)9-13-15(19)18(3)16(22)23-13/h7-9H,4-6H2,1-3H3/b13-9+. The van der Waals surface area contributed by atoms with E-state index in [0.29, 0.717) is 28.2 Å². The minimum absolute atomic E-state index is 0.0701. The largest absolute Gasteiger partial charge is 0.490 e. The lowest BCUT2D eigenvalue weighted by atomic mass is 10.2. The Bertz CT molecular complexity index is 661. The second kappa shape index (κ2) is 8.34. The molecule has 0 N–H and O–H groups in total. The Morgan fingerprint density at radius 3 is 2.65 bits per heavy atom. The van der Waals surface area contributed by atoms with Gasteiger partial charge < -0.3 is 9.47 Å². The first-order chi connectivity index (χ1) is 11.0. The SMILES string of the molecule is CCCOc1c(I)cc(/C=C2/SC(=S)N(C)C2=O)cc1OCC. The van der Waals surface area contributed by atoms with E-state index in [4.69, 9.17) is 21.7 Å². The number of thiocarbonyl (C=S) groups is 1. The number of carbonyl (C=O) groups excluding carboxylic acids is 1. The summed E-state index contributed by atoms with van der Waals surface area (Å²) in [6.07, 6.45) is 2.78. The van der Waals surface area contributed by atoms with Crippen molar-refractivity contribution in [3.8, 4) is 11.5 Å². The van der Waals surface area contributed by atoms with E-state index in [-0.39, 0.29) is 5.91 Å². The molecule has 0 aromatic heterocycles. The maximum absolute atomic E-state index is 12.1. The molecule has 124 valence electrons. The molecule has 1 fully saturated rings. The van der Waals surface area contributed by atoms with Gasteiger partial charge in [0, 0.05) is 7.05 Å². The van der Waals surface area contributed by atoms with E-state index in [9.17, 15) is 4.79 Å². The maximum Gasteiger partial charge on any atom is 0.265 e. The average molecular weight is 463 g/mol. The molecular weight excluding hydrogens is 445 g/mol. The molecule has 1 amide bonds. The van der Waals surface area contributed by atoms with Gasteiger partial charge in [-0.3, -0.25) is 9.69 Å². The van der Waals surface area contributed by atoms with Crippen molar-refractivity contribution in [1.82, 2.24) is 4.90 Å². The third-order valence-corrected chi connectivity index (χ3v) is 5.35. The number of benzene rings is 1. The van der Waals surface area contributed by atoms with Crippen LogP contribution in [0.4, 0.5) is 0 Å². The Morgan fingerprint density at radius 2 is 2.09 bits per heavy atom. The highest BCUT2D eigenvalue weighted by Crippen LogP contribution is 2.37. The number of likely N-dealkylation sites (N-methyl/N-ethyl adjacent to an activating group) is 1. The molecule has 0 atom stereocenters. The Labute approximate surface area is 159 Å². The van der Waals surface area contributed by atoms with Crippen LogP contribution in [0.3, 0.4) is 0 Å². The lowest BCUT2D eigenvalue weighted by molar-refractivity contribution is -0.121. The summed E-state index contributed by atoms with van der Waals surface area (Å²) >= 11 is 8.70. The lowest BCUT2D eigenvalue weighted by Crippen LogP contribution is -2.22. The fourth-order valence-electron chi connectivity index (χ4n) is 1.98. The molecule has 2 rings (SSSR count). The Kier molecular flexibility index (Phi) is 6.72. The first kappa shape index (κ1) is 18.5. The Morgan fingerprint density at radius 1 is 1.35 bits per heavy atom. The highest BCUT2D eigenvalue weighted by Gasteiger charge is 2.28. The second-order valence-corrected chi connectivity index (χ2v) is 7.69. The molecule has 1 aromatic carbocycles. The molecule has 0 bridgehead atoms. The number of thioether (sulfide) groups is 1. The van der Waals surface area contributed by atoms with Crippen LogP contribution in [0.15, 0.2) is 17.0 Å². The number of rotatable bonds is 6. The van der Waals surface area contributed by atoms with Crippen molar-refractivity contribution in [2.75, 3.05) is 20.3 Å². The predicted molar refractivity (Wildman–Crippen MR) is 107 cm³/mol. The zero-order valence-electron chi connectivity index (χ0n) is 13.2. The maximum atomic E-state index is 12.1. The molecule has 0 spiro atoms. The highest BCUT2D eigenvalue weighted by atomic mass is 127. The summed E-state index contributed by atoms with van der Waals surface area (Å²) in [4.78, 5) is 14.2. The fourth-order valence-corrected chi connectivity index (χ4v) is 3.94. The van der Waals surface area contributed by atoms with E-state index < -0.39 is 0 Å². The average Bonchev–Trinajstić information content (AvgIpc) is 2.74. The summed E-state index contributed by atoms with van der Waals surface area (Å²) in [7, 11) is 1.69. The smallest absolute Gasteiger partial charge is 0.265 e. The monoisotopic (exact) mass is 463 g/mol. The number of hydrogen-bond acceptors (Lipinski definition) is 5. The molecular formula is C16H18INO3S2. The van der Waals surface area contributed by atoms with E-state index in [1.807, 2.05) is 25.1 Å². The summed E-state index contributed by atoms with van der Waals surface area (Å²) < 4.78 is 13.0. The van der Waals surface area contributed by atoms with Gasteiger partial charge in [-0.2, -0.15) is 0 Å². The van der Waals surface area contributed by atoms with Gasteiger partial charge in [-0.1, -0.05) is 30.9 Å². The number of hydrogen-bond donors (Lipinski definition) is 0. The van der Waals surface area contributed by atoms with Gasteiger partial charge in [0.1, 0.15) is 4.32 Å². The van der Waals surface area contributed by atoms with E-state index in [1.54, 1.807) is 7.05 Å². The van der Waals surface area contributed by atoms with Gasteiger partial charge >= 0.3 is 0 Å². The summed E-state index contributed by atoms with van der Waals surface area (Å²) in [6.45, 7) is 5.20. The molecule has 0 saturated carbocycles. The Hall–Kier alpha value is -0.800. The molecule has 4 nitrogen and oxygen atoms in total. The summed E-state index contributed by atoms with van der Waals surface area (Å²) in [6, 6.07) is 3.88. The van der Waals surface area contributed by atoms with E-state index in [1.165, 1.54) is 16.7 Å². The minimum Gasteiger partial charge on any atom is -0.490 e. The zero-order chi connectivity index (χ0) is 17.0. The van der Waals surface area contributed by atoms with Gasteiger partial charge in [0.05, 0.1) is 21.7 Å². The summed E-state index contributed by atoms with van der Waals surface area (Å²) in [5.74, 6) is 1.39. The van der Waals surface area contributed by atoms with Crippen LogP contribution in [0.2, 0.25) is 0 Å². The number of amides is 1. The van der Waals surface area contributed by atoms with Gasteiger partial charge in [0.15, 0.2) is 11.5 Å². The fraction of sp³-hybridized carbons (Fsp3) is 0.375. The summed E-state index contributed by atoms with van der Waals surface area (Å²) in [5, 5.41) is 0. The molecule has 23 heavy (non-hydrogen) atoms. The molecule has 7 heteroatoms. The van der Waals surface area contributed by atoms with Crippen LogP contribution >= 0.6 is 46.6 Å². The summed E-state index contributed by atoms with van der Waals surface area (Å²) in [5.41, 5.74) is 0.899. The first-order valence-corrected chi connectivity index (χ1v) is 9.59. The molecule has 0 radical (unpaired) electrons. The normalized spacial score (nSPS) is 16.3. The van der Waals surface area contributed by atoms with Gasteiger partial charge in [0.2, 0.25) is 0 Å². The third-order valence-electron chi connectivity index (χ3n) is 3.07. The molecule has 1 aliphatic heterocycles. The van der Waals surface area contributed by atoms with Crippen LogP contribution in [0, 0.1) is 3.57 Å². The number of halogens is 1. The van der Waals surface area contributed by atoms with Gasteiger partial charge in [0.25, 0.3) is 5.91 Å². The van der Waals surface area contributed by atoms with Gasteiger partial charge in [-0.25, -0.2) is 0 Å². The van der Waals surface area contributed by atoms with Crippen LogP contribution < -0.4 is 9.47 Å². The van der Waals surface area contributed by atoms with E-state index in [2.05, 4.69) is 29.5 Å². The molecule has 1 heterocycles. The second-order valence-electron chi connectivity index (χ2n) is 4.85. The predicted octanol–water partition coefficient (Wildman–Crippen LogP) is 4.31. The zero-order valence-corrected chi connectivity index (χ0v) is 17.0. The van der Waals surface area contributed by atoms with E-state index >= 15 is 0 Å². The molecule has 1 aromatic rings. The van der Waals surface area contributed by atoms with Crippen molar-refractivity contribution in [2.45, 2.75) is 20.3 Å². The Balaban J connectivity index is 2.37. The number of carbonyl (C=O) groups is 1. The van der Waals surface area contributed by atoms with Crippen LogP contribution in [0.5, 0.6) is 11.5 Å². The van der Waals surface area contributed by atoms with Crippen molar-refractivity contribution < 1.29 is 14.3 Å². The van der Waals surface area contributed by atoms with Crippen molar-refractivity contribution in [1.29, 1.82) is 0 Å². The van der Waals surface area contributed by atoms with Crippen molar-refractivity contribution in [2.24, 2.45) is 0 Å². The molecule has 1 saturated heterocycles. The highest BCUT2D eigenvalue weighted by molar-refractivity contribution is 14.1. The first-order valence-electron chi connectivity index (χ1n) is 7.28. The molecule has 0 aliphatic carbocycles. The van der Waals surface area contributed by atoms with Gasteiger partial charge in [-0.15, -0.1) is 0 Å². The lowest BCUT2D eigenvalue weighted by Gasteiger charge is -2.14. The molecule has 0 unspecified atom stereocenters. The van der Waals surface area contributed by atoms with Crippen LogP contribution in [-0.2, 0) is 4.79 Å². The van der Waals surface area contributed by atoms with Crippen molar-refractivity contribution in [3.63, 3.8) is 0 Å². The number of ether oxygens (including phenoxy) is 2. The van der Waals surface area contributed by atoms with E-state index in [0.717, 1.165) is 21.3 Å². The number of nitrogens with zero attached hydrogens (tertiary/aromatic N) is 1. The van der Waals surface area contributed by atoms with Crippen molar-refractivity contribution in [3.05, 3.63) is 26.2 Å². The van der Waals surface area contributed by atoms with Crippen LogP contribution in [-0.4, -0.2) is 35.4 Å². The quantitative estimate of drug-likeness (QED) is 0.357. The van der Waals surface area contributed by atoms with Crippen LogP contribution in [0.25, 0.3) is 6.08 Å². The minimum atomic E-state index is -0.0701.